The first kappa shape index (κ1) is 35.0. The van der Waals surface area contributed by atoms with Crippen molar-refractivity contribution >= 4 is 5.91 Å². The molecule has 0 spiro atoms. The van der Waals surface area contributed by atoms with Gasteiger partial charge in [-0.25, -0.2) is 0 Å². The zero-order valence-electron chi connectivity index (χ0n) is 24.6. The Morgan fingerprint density at radius 3 is 2.09 bits per heavy atom. The molecule has 0 aromatic rings. The van der Waals surface area contributed by atoms with Gasteiger partial charge in [0, 0.05) is 37.3 Å². The SMILES string of the molecule is C=C/C=C\C=C(/C)CCN1CCC(N2C(=O)C(CC)CC(=C/C=C)/C2=C\C)CC1.CC.CC.CC. The molecule has 0 aromatic heterocycles. The van der Waals surface area contributed by atoms with Crippen molar-refractivity contribution in [3.63, 3.8) is 0 Å². The van der Waals surface area contributed by atoms with Crippen LogP contribution in [0.3, 0.4) is 0 Å². The fourth-order valence-corrected chi connectivity index (χ4v) is 4.36. The normalized spacial score (nSPS) is 21.5. The van der Waals surface area contributed by atoms with E-state index >= 15 is 0 Å². The molecule has 0 aromatic carbocycles. The number of amides is 1. The molecule has 2 heterocycles. The smallest absolute Gasteiger partial charge is 0.230 e. The van der Waals surface area contributed by atoms with Crippen LogP contribution in [0, 0.1) is 5.92 Å². The molecule has 0 aliphatic carbocycles. The summed E-state index contributed by atoms with van der Waals surface area (Å²) in [4.78, 5) is 17.8. The number of hydrogen-bond donors (Lipinski definition) is 0. The van der Waals surface area contributed by atoms with Crippen molar-refractivity contribution in [3.8, 4) is 0 Å². The Hall–Kier alpha value is -2.13. The van der Waals surface area contributed by atoms with Crippen LogP contribution in [-0.4, -0.2) is 41.4 Å². The molecule has 0 radical (unpaired) electrons. The van der Waals surface area contributed by atoms with Crippen LogP contribution in [0.4, 0.5) is 0 Å². The summed E-state index contributed by atoms with van der Waals surface area (Å²) in [6.07, 6.45) is 18.9. The van der Waals surface area contributed by atoms with Crippen LogP contribution >= 0.6 is 0 Å². The molecule has 2 saturated heterocycles. The highest BCUT2D eigenvalue weighted by molar-refractivity contribution is 5.84. The first-order chi connectivity index (χ1) is 17.0. The molecule has 1 amide bonds. The van der Waals surface area contributed by atoms with Crippen molar-refractivity contribution < 1.29 is 4.79 Å². The van der Waals surface area contributed by atoms with Crippen LogP contribution in [0.15, 0.2) is 72.5 Å². The van der Waals surface area contributed by atoms with Crippen molar-refractivity contribution in [3.05, 3.63) is 72.5 Å². The minimum atomic E-state index is 0.0966. The lowest BCUT2D eigenvalue weighted by atomic mass is 9.85. The van der Waals surface area contributed by atoms with E-state index in [4.69, 9.17) is 0 Å². The second kappa shape index (κ2) is 22.3. The Labute approximate surface area is 219 Å². The van der Waals surface area contributed by atoms with E-state index < -0.39 is 0 Å². The van der Waals surface area contributed by atoms with E-state index in [1.165, 1.54) is 11.1 Å². The largest absolute Gasteiger partial charge is 0.309 e. The minimum absolute atomic E-state index is 0.0966. The summed E-state index contributed by atoms with van der Waals surface area (Å²) in [7, 11) is 0. The molecule has 0 N–H and O–H groups in total. The summed E-state index contributed by atoms with van der Waals surface area (Å²) < 4.78 is 0. The number of rotatable bonds is 8. The lowest BCUT2D eigenvalue weighted by Crippen LogP contribution is -2.51. The minimum Gasteiger partial charge on any atom is -0.309 e. The van der Waals surface area contributed by atoms with Gasteiger partial charge in [0.2, 0.25) is 5.91 Å². The van der Waals surface area contributed by atoms with Gasteiger partial charge in [0.25, 0.3) is 0 Å². The van der Waals surface area contributed by atoms with Crippen LogP contribution in [-0.2, 0) is 4.79 Å². The third-order valence-electron chi connectivity index (χ3n) is 6.10. The predicted molar refractivity (Wildman–Crippen MR) is 158 cm³/mol. The molecular weight excluding hydrogens is 428 g/mol. The summed E-state index contributed by atoms with van der Waals surface area (Å²) in [5.74, 6) is 0.410. The molecule has 0 saturated carbocycles. The number of likely N-dealkylation sites (tertiary alicyclic amines) is 2. The molecule has 2 aliphatic heterocycles. The molecule has 2 fully saturated rings. The first-order valence-corrected chi connectivity index (χ1v) is 14.0. The van der Waals surface area contributed by atoms with Crippen molar-refractivity contribution in [1.82, 2.24) is 9.80 Å². The Bertz CT molecular complexity index is 703. The van der Waals surface area contributed by atoms with Crippen LogP contribution in [0.5, 0.6) is 0 Å². The summed E-state index contributed by atoms with van der Waals surface area (Å²) in [5, 5.41) is 0. The molecule has 0 bridgehead atoms. The zero-order valence-corrected chi connectivity index (χ0v) is 24.6. The Kier molecular flexibility index (Phi) is 22.4. The van der Waals surface area contributed by atoms with Gasteiger partial charge in [0.15, 0.2) is 0 Å². The molecule has 1 atom stereocenters. The van der Waals surface area contributed by atoms with Gasteiger partial charge >= 0.3 is 0 Å². The molecular formula is C32H56N2O. The number of hydrogen-bond acceptors (Lipinski definition) is 2. The van der Waals surface area contributed by atoms with Gasteiger partial charge in [-0.1, -0.05) is 110 Å². The number of nitrogens with zero attached hydrogens (tertiary/aromatic N) is 2. The molecule has 3 heteroatoms. The number of piperidine rings is 2. The first-order valence-electron chi connectivity index (χ1n) is 14.0. The van der Waals surface area contributed by atoms with E-state index in [1.807, 2.05) is 66.7 Å². The van der Waals surface area contributed by atoms with Crippen LogP contribution in [0.1, 0.15) is 94.4 Å². The van der Waals surface area contributed by atoms with Crippen molar-refractivity contribution in [2.24, 2.45) is 5.92 Å². The lowest BCUT2D eigenvalue weighted by molar-refractivity contribution is -0.137. The number of carbonyl (C=O) groups excluding carboxylic acids is 1. The third kappa shape index (κ3) is 11.9. The van der Waals surface area contributed by atoms with Crippen molar-refractivity contribution in [2.75, 3.05) is 19.6 Å². The van der Waals surface area contributed by atoms with Crippen molar-refractivity contribution in [1.29, 1.82) is 0 Å². The van der Waals surface area contributed by atoms with Crippen LogP contribution in [0.25, 0.3) is 0 Å². The van der Waals surface area contributed by atoms with E-state index in [0.29, 0.717) is 11.9 Å². The summed E-state index contributed by atoms with van der Waals surface area (Å²) in [5.41, 5.74) is 3.74. The maximum absolute atomic E-state index is 13.2. The molecule has 1 unspecified atom stereocenters. The number of allylic oxidation sites excluding steroid dienone is 8. The standard InChI is InChI=1S/C26H38N2O.3C2H6/c1-6-10-11-13-21(5)14-17-27-18-15-24(16-19-27)28-25(9-4)23(12-7-2)20-22(8-3)26(28)29;3*1-2/h6-7,9-13,22,24H,1-2,8,14-20H2,3-5H3;3*1-2H3/b11-10-,21-13+,23-12-,25-9+;;;. The topological polar surface area (TPSA) is 23.6 Å². The second-order valence-corrected chi connectivity index (χ2v) is 8.08. The van der Waals surface area contributed by atoms with E-state index in [1.54, 1.807) is 6.08 Å². The van der Waals surface area contributed by atoms with Gasteiger partial charge in [0.1, 0.15) is 0 Å². The van der Waals surface area contributed by atoms with E-state index in [0.717, 1.165) is 57.4 Å². The maximum atomic E-state index is 13.2. The lowest BCUT2D eigenvalue weighted by Gasteiger charge is -2.44. The van der Waals surface area contributed by atoms with Gasteiger partial charge in [0.05, 0.1) is 0 Å². The van der Waals surface area contributed by atoms with Gasteiger partial charge in [-0.05, 0) is 51.5 Å². The van der Waals surface area contributed by atoms with Gasteiger partial charge in [-0.15, -0.1) is 0 Å². The van der Waals surface area contributed by atoms with Crippen molar-refractivity contribution in [2.45, 2.75) is 100 Å². The predicted octanol–water partition coefficient (Wildman–Crippen LogP) is 8.88. The molecule has 2 rings (SSSR count). The summed E-state index contributed by atoms with van der Waals surface area (Å²) in [6.45, 7) is 29.1. The molecule has 200 valence electrons. The summed E-state index contributed by atoms with van der Waals surface area (Å²) in [6, 6.07) is 0.305. The Morgan fingerprint density at radius 1 is 1.00 bits per heavy atom. The van der Waals surface area contributed by atoms with E-state index in [-0.39, 0.29) is 5.92 Å². The fraction of sp³-hybridized carbons (Fsp3) is 0.594. The molecule has 3 nitrogen and oxygen atoms in total. The van der Waals surface area contributed by atoms with Gasteiger partial charge < -0.3 is 9.80 Å². The third-order valence-corrected chi connectivity index (χ3v) is 6.10. The quantitative estimate of drug-likeness (QED) is 0.321. The average molecular weight is 485 g/mol. The summed E-state index contributed by atoms with van der Waals surface area (Å²) >= 11 is 0. The van der Waals surface area contributed by atoms with Gasteiger partial charge in [-0.2, -0.15) is 0 Å². The highest BCUT2D eigenvalue weighted by Crippen LogP contribution is 2.36. The molecule has 2 aliphatic rings. The van der Waals surface area contributed by atoms with Crippen LogP contribution in [0.2, 0.25) is 0 Å². The van der Waals surface area contributed by atoms with E-state index in [9.17, 15) is 4.79 Å². The highest BCUT2D eigenvalue weighted by Gasteiger charge is 2.38. The van der Waals surface area contributed by atoms with E-state index in [2.05, 4.69) is 55.0 Å². The Balaban J connectivity index is 0. The average Bonchev–Trinajstić information content (AvgIpc) is 2.92. The van der Waals surface area contributed by atoms with Gasteiger partial charge in [-0.3, -0.25) is 4.79 Å². The second-order valence-electron chi connectivity index (χ2n) is 8.08. The zero-order chi connectivity index (χ0) is 27.2. The maximum Gasteiger partial charge on any atom is 0.230 e. The molecule has 35 heavy (non-hydrogen) atoms. The number of carbonyl (C=O) groups is 1. The highest BCUT2D eigenvalue weighted by atomic mass is 16.2. The monoisotopic (exact) mass is 484 g/mol. The Morgan fingerprint density at radius 2 is 1.60 bits per heavy atom. The fourth-order valence-electron chi connectivity index (χ4n) is 4.36. The van der Waals surface area contributed by atoms with Crippen LogP contribution < -0.4 is 0 Å².